The number of benzene rings is 2. The fourth-order valence-electron chi connectivity index (χ4n) is 2.87. The van der Waals surface area contributed by atoms with Crippen molar-refractivity contribution in [2.75, 3.05) is 0 Å². The van der Waals surface area contributed by atoms with E-state index in [4.69, 9.17) is 0 Å². The number of hydrogen-bond donors (Lipinski definition) is 1. The number of sulfonamides is 1. The third kappa shape index (κ3) is 5.25. The Morgan fingerprint density at radius 3 is 2.20 bits per heavy atom. The number of nitrogens with one attached hydrogen (secondary N) is 1. The minimum Gasteiger partial charge on any atom is -0.207 e. The zero-order chi connectivity index (χ0) is 21.9. The van der Waals surface area contributed by atoms with Crippen LogP contribution in [0.5, 0.6) is 0 Å². The SMILES string of the molecule is CC(C)C(Cn1nccn1)NS(=O)(=O)c1ccc(-c2cccc(C(F)(F)F)c2)cc1. The average Bonchev–Trinajstić information content (AvgIpc) is 3.20. The van der Waals surface area contributed by atoms with Crippen LogP contribution in [0.2, 0.25) is 0 Å². The van der Waals surface area contributed by atoms with Gasteiger partial charge in [0.05, 0.1) is 29.4 Å². The summed E-state index contributed by atoms with van der Waals surface area (Å²) in [6, 6.07) is 10.2. The first-order valence-corrected chi connectivity index (χ1v) is 10.7. The topological polar surface area (TPSA) is 76.9 Å². The highest BCUT2D eigenvalue weighted by atomic mass is 32.2. The normalized spacial score (nSPS) is 13.5. The third-order valence-corrected chi connectivity index (χ3v) is 6.13. The molecule has 0 saturated heterocycles. The highest BCUT2D eigenvalue weighted by Crippen LogP contribution is 2.32. The second-order valence-corrected chi connectivity index (χ2v) is 8.87. The smallest absolute Gasteiger partial charge is 0.207 e. The van der Waals surface area contributed by atoms with Crippen LogP contribution in [0, 0.1) is 5.92 Å². The Morgan fingerprint density at radius 1 is 1.00 bits per heavy atom. The van der Waals surface area contributed by atoms with Crippen LogP contribution < -0.4 is 4.72 Å². The zero-order valence-electron chi connectivity index (χ0n) is 16.3. The van der Waals surface area contributed by atoms with Crippen molar-refractivity contribution in [3.8, 4) is 11.1 Å². The molecule has 1 atom stereocenters. The summed E-state index contributed by atoms with van der Waals surface area (Å²) in [5.41, 5.74) is 0.0816. The van der Waals surface area contributed by atoms with E-state index in [0.717, 1.165) is 12.1 Å². The molecule has 3 aromatic rings. The minimum absolute atomic E-state index is 0.0184. The van der Waals surface area contributed by atoms with Gasteiger partial charge in [-0.05, 0) is 41.3 Å². The molecule has 0 radical (unpaired) electrons. The molecule has 6 nitrogen and oxygen atoms in total. The van der Waals surface area contributed by atoms with Crippen LogP contribution >= 0.6 is 0 Å². The van der Waals surface area contributed by atoms with Gasteiger partial charge < -0.3 is 0 Å². The molecular weight excluding hydrogens is 417 g/mol. The first-order valence-electron chi connectivity index (χ1n) is 9.20. The number of alkyl halides is 3. The Bertz CT molecular complexity index is 1080. The van der Waals surface area contributed by atoms with Gasteiger partial charge in [0.2, 0.25) is 10.0 Å². The Labute approximate surface area is 172 Å². The number of rotatable bonds is 7. The molecule has 0 amide bonds. The Kier molecular flexibility index (Phi) is 6.27. The largest absolute Gasteiger partial charge is 0.416 e. The molecule has 0 aliphatic carbocycles. The van der Waals surface area contributed by atoms with Gasteiger partial charge in [-0.1, -0.05) is 38.1 Å². The maximum atomic E-state index is 12.9. The molecule has 30 heavy (non-hydrogen) atoms. The van der Waals surface area contributed by atoms with Crippen molar-refractivity contribution in [3.63, 3.8) is 0 Å². The summed E-state index contributed by atoms with van der Waals surface area (Å²) >= 11 is 0. The predicted octanol–water partition coefficient (Wildman–Crippen LogP) is 3.97. The standard InChI is InChI=1S/C20H21F3N4O2S/c1-14(2)19(13-27-24-10-11-25-27)26-30(28,29)18-8-6-15(7-9-18)16-4-3-5-17(12-16)20(21,22)23/h3-12,14,19,26H,13H2,1-2H3. The van der Waals surface area contributed by atoms with Crippen molar-refractivity contribution in [2.45, 2.75) is 37.5 Å². The van der Waals surface area contributed by atoms with Crippen LogP contribution in [0.1, 0.15) is 19.4 Å². The molecule has 10 heteroatoms. The molecule has 0 bridgehead atoms. The van der Waals surface area contributed by atoms with Gasteiger partial charge in [0.15, 0.2) is 0 Å². The number of nitrogens with zero attached hydrogens (tertiary/aromatic N) is 3. The summed E-state index contributed by atoms with van der Waals surface area (Å²) in [5, 5.41) is 8.00. The summed E-state index contributed by atoms with van der Waals surface area (Å²) in [5.74, 6) is -0.0184. The van der Waals surface area contributed by atoms with Gasteiger partial charge in [0.25, 0.3) is 0 Å². The molecule has 0 fully saturated rings. The fourth-order valence-corrected chi connectivity index (χ4v) is 4.24. The fraction of sp³-hybridized carbons (Fsp3) is 0.300. The van der Waals surface area contributed by atoms with Gasteiger partial charge in [-0.2, -0.15) is 28.2 Å². The second-order valence-electron chi connectivity index (χ2n) is 7.16. The van der Waals surface area contributed by atoms with Crippen molar-refractivity contribution in [2.24, 2.45) is 5.92 Å². The van der Waals surface area contributed by atoms with Gasteiger partial charge in [0, 0.05) is 6.04 Å². The van der Waals surface area contributed by atoms with Crippen LogP contribution in [-0.4, -0.2) is 29.5 Å². The van der Waals surface area contributed by atoms with Gasteiger partial charge in [-0.15, -0.1) is 0 Å². The van der Waals surface area contributed by atoms with Crippen molar-refractivity contribution in [1.82, 2.24) is 19.7 Å². The lowest BCUT2D eigenvalue weighted by Crippen LogP contribution is -2.41. The van der Waals surface area contributed by atoms with Crippen molar-refractivity contribution in [3.05, 3.63) is 66.5 Å². The molecule has 0 saturated carbocycles. The van der Waals surface area contributed by atoms with Crippen molar-refractivity contribution in [1.29, 1.82) is 0 Å². The van der Waals surface area contributed by atoms with Crippen molar-refractivity contribution < 1.29 is 21.6 Å². The summed E-state index contributed by atoms with van der Waals surface area (Å²) in [6.45, 7) is 4.03. The van der Waals surface area contributed by atoms with E-state index in [-0.39, 0.29) is 17.4 Å². The lowest BCUT2D eigenvalue weighted by molar-refractivity contribution is -0.137. The molecular formula is C20H21F3N4O2S. The van der Waals surface area contributed by atoms with Crippen LogP contribution in [0.3, 0.4) is 0 Å². The number of halogens is 3. The molecule has 1 heterocycles. The first kappa shape index (κ1) is 22.0. The van der Waals surface area contributed by atoms with Gasteiger partial charge in [-0.3, -0.25) is 0 Å². The Morgan fingerprint density at radius 2 is 1.63 bits per heavy atom. The molecule has 3 rings (SSSR count). The molecule has 1 aromatic heterocycles. The predicted molar refractivity (Wildman–Crippen MR) is 106 cm³/mol. The molecule has 1 unspecified atom stereocenters. The first-order chi connectivity index (χ1) is 14.1. The van der Waals surface area contributed by atoms with Gasteiger partial charge in [0.1, 0.15) is 0 Å². The highest BCUT2D eigenvalue weighted by molar-refractivity contribution is 7.89. The van der Waals surface area contributed by atoms with E-state index in [9.17, 15) is 21.6 Å². The molecule has 0 aliphatic heterocycles. The van der Waals surface area contributed by atoms with Crippen molar-refractivity contribution >= 4 is 10.0 Å². The maximum Gasteiger partial charge on any atom is 0.416 e. The van der Waals surface area contributed by atoms with Gasteiger partial charge >= 0.3 is 6.18 Å². The molecule has 0 aliphatic rings. The average molecular weight is 438 g/mol. The minimum atomic E-state index is -4.45. The van der Waals surface area contributed by atoms with Crippen LogP contribution in [0.15, 0.2) is 65.8 Å². The van der Waals surface area contributed by atoms with E-state index in [1.54, 1.807) is 6.07 Å². The Hall–Kier alpha value is -2.72. The summed E-state index contributed by atoms with van der Waals surface area (Å²) in [4.78, 5) is 1.43. The highest BCUT2D eigenvalue weighted by Gasteiger charge is 2.30. The Balaban J connectivity index is 1.80. The van der Waals surface area contributed by atoms with Crippen LogP contribution in [0.25, 0.3) is 11.1 Å². The van der Waals surface area contributed by atoms with E-state index in [1.807, 2.05) is 13.8 Å². The van der Waals surface area contributed by atoms with E-state index < -0.39 is 27.8 Å². The van der Waals surface area contributed by atoms with Crippen LogP contribution in [-0.2, 0) is 22.7 Å². The second kappa shape index (κ2) is 8.57. The van der Waals surface area contributed by atoms with E-state index >= 15 is 0 Å². The molecule has 0 spiro atoms. The molecule has 160 valence electrons. The van der Waals surface area contributed by atoms with E-state index in [2.05, 4.69) is 14.9 Å². The lowest BCUT2D eigenvalue weighted by Gasteiger charge is -2.21. The van der Waals surface area contributed by atoms with Gasteiger partial charge in [-0.25, -0.2) is 13.1 Å². The lowest BCUT2D eigenvalue weighted by atomic mass is 10.0. The van der Waals surface area contributed by atoms with E-state index in [1.165, 1.54) is 47.5 Å². The van der Waals surface area contributed by atoms with E-state index in [0.29, 0.717) is 11.1 Å². The quantitative estimate of drug-likeness (QED) is 0.606. The monoisotopic (exact) mass is 438 g/mol. The summed E-state index contributed by atoms with van der Waals surface area (Å²) in [6.07, 6.45) is -1.42. The molecule has 2 aromatic carbocycles. The van der Waals surface area contributed by atoms with Crippen LogP contribution in [0.4, 0.5) is 13.2 Å². The molecule has 1 N–H and O–H groups in total. The third-order valence-electron chi connectivity index (χ3n) is 4.63. The summed E-state index contributed by atoms with van der Waals surface area (Å²) < 4.78 is 67.0. The number of hydrogen-bond acceptors (Lipinski definition) is 4. The number of aromatic nitrogens is 3. The summed E-state index contributed by atoms with van der Waals surface area (Å²) in [7, 11) is -3.84. The maximum absolute atomic E-state index is 12.9. The zero-order valence-corrected chi connectivity index (χ0v) is 17.2.